The van der Waals surface area contributed by atoms with Gasteiger partial charge in [0.15, 0.2) is 11.6 Å². The first-order valence-corrected chi connectivity index (χ1v) is 10.8. The summed E-state index contributed by atoms with van der Waals surface area (Å²) in [5.74, 6) is 3.60. The van der Waals surface area contributed by atoms with E-state index in [4.69, 9.17) is 4.74 Å². The van der Waals surface area contributed by atoms with Crippen molar-refractivity contribution in [2.45, 2.75) is 13.3 Å². The third-order valence-electron chi connectivity index (χ3n) is 5.07. The lowest BCUT2D eigenvalue weighted by Crippen LogP contribution is -1.98. The third-order valence-corrected chi connectivity index (χ3v) is 5.07. The van der Waals surface area contributed by atoms with Crippen molar-refractivity contribution in [3.8, 4) is 29.4 Å². The Morgan fingerprint density at radius 3 is 1.67 bits per heavy atom. The van der Waals surface area contributed by atoms with E-state index in [1.165, 1.54) is 18.2 Å². The number of fused-ring (bicyclic) bond motifs is 1. The monoisotopic (exact) mass is 494 g/mol. The lowest BCUT2D eigenvalue weighted by molar-refractivity contribution is 0.313. The van der Waals surface area contributed by atoms with E-state index in [0.29, 0.717) is 22.8 Å². The summed E-state index contributed by atoms with van der Waals surface area (Å²) in [7, 11) is 0. The molecule has 0 saturated carbocycles. The Morgan fingerprint density at radius 1 is 0.556 bits per heavy atom. The van der Waals surface area contributed by atoms with E-state index in [1.807, 2.05) is 6.92 Å². The molecule has 0 fully saturated rings. The maximum absolute atomic E-state index is 14.6. The first kappa shape index (κ1) is 24.8. The molecule has 0 radical (unpaired) electrons. The van der Waals surface area contributed by atoms with E-state index >= 15 is 0 Å². The van der Waals surface area contributed by atoms with E-state index in [0.717, 1.165) is 36.4 Å². The van der Waals surface area contributed by atoms with E-state index < -0.39 is 46.0 Å². The molecule has 4 rings (SSSR count). The Labute approximate surface area is 203 Å². The van der Waals surface area contributed by atoms with Crippen molar-refractivity contribution in [1.82, 2.24) is 0 Å². The summed E-state index contributed by atoms with van der Waals surface area (Å²) in [5.41, 5.74) is -0.922. The van der Waals surface area contributed by atoms with Crippen LogP contribution in [0.4, 0.5) is 26.3 Å². The summed E-state index contributed by atoms with van der Waals surface area (Å²) in [6.07, 6.45) is 0.658. The van der Waals surface area contributed by atoms with Crippen LogP contribution in [0.5, 0.6) is 5.75 Å². The summed E-state index contributed by atoms with van der Waals surface area (Å²) < 4.78 is 89.6. The van der Waals surface area contributed by atoms with Gasteiger partial charge in [-0.3, -0.25) is 0 Å². The molecule has 0 aliphatic carbocycles. The van der Waals surface area contributed by atoms with Crippen molar-refractivity contribution in [2.75, 3.05) is 6.61 Å². The minimum absolute atomic E-state index is 0.0149. The van der Waals surface area contributed by atoms with Gasteiger partial charge in [0.05, 0.1) is 17.7 Å². The van der Waals surface area contributed by atoms with E-state index in [-0.39, 0.29) is 17.9 Å². The Kier molecular flexibility index (Phi) is 7.22. The van der Waals surface area contributed by atoms with Crippen molar-refractivity contribution in [2.24, 2.45) is 0 Å². The number of benzene rings is 4. The average molecular weight is 494 g/mol. The molecule has 0 bridgehead atoms. The molecule has 4 aromatic rings. The van der Waals surface area contributed by atoms with Gasteiger partial charge in [-0.2, -0.15) is 0 Å². The molecule has 7 heteroatoms. The van der Waals surface area contributed by atoms with Crippen LogP contribution in [0, 0.1) is 58.6 Å². The highest BCUT2D eigenvalue weighted by molar-refractivity contribution is 5.84. The van der Waals surface area contributed by atoms with Crippen molar-refractivity contribution in [3.63, 3.8) is 0 Å². The molecule has 4 aromatic carbocycles. The van der Waals surface area contributed by atoms with Gasteiger partial charge < -0.3 is 4.74 Å². The maximum Gasteiger partial charge on any atom is 0.159 e. The largest absolute Gasteiger partial charge is 0.493 e. The smallest absolute Gasteiger partial charge is 0.159 e. The fraction of sp³-hybridized carbons (Fsp3) is 0.103. The van der Waals surface area contributed by atoms with Crippen LogP contribution in [0.25, 0.3) is 10.8 Å². The quantitative estimate of drug-likeness (QED) is 0.215. The molecule has 0 aromatic heterocycles. The van der Waals surface area contributed by atoms with Crippen molar-refractivity contribution >= 4 is 10.8 Å². The molecule has 1 nitrogen and oxygen atoms in total. The van der Waals surface area contributed by atoms with Crippen LogP contribution < -0.4 is 4.74 Å². The van der Waals surface area contributed by atoms with Crippen LogP contribution in [0.2, 0.25) is 0 Å². The second kappa shape index (κ2) is 10.5. The molecule has 0 N–H and O–H groups in total. The highest BCUT2D eigenvalue weighted by atomic mass is 19.2. The molecule has 0 spiro atoms. The minimum Gasteiger partial charge on any atom is -0.493 e. The zero-order valence-electron chi connectivity index (χ0n) is 18.8. The van der Waals surface area contributed by atoms with Crippen molar-refractivity contribution in [3.05, 3.63) is 112 Å². The maximum atomic E-state index is 14.6. The zero-order valence-corrected chi connectivity index (χ0v) is 18.8. The molecule has 0 amide bonds. The van der Waals surface area contributed by atoms with Gasteiger partial charge in [0, 0.05) is 23.3 Å². The molecule has 180 valence electrons. The second-order valence-corrected chi connectivity index (χ2v) is 7.75. The summed E-state index contributed by atoms with van der Waals surface area (Å²) in [6, 6.07) is 10.3. The van der Waals surface area contributed by atoms with Crippen LogP contribution in [0.1, 0.15) is 35.6 Å². The zero-order chi connectivity index (χ0) is 25.8. The predicted octanol–water partition coefficient (Wildman–Crippen LogP) is 7.26. The third kappa shape index (κ3) is 5.47. The van der Waals surface area contributed by atoms with Crippen LogP contribution in [0.3, 0.4) is 0 Å². The van der Waals surface area contributed by atoms with Gasteiger partial charge in [-0.05, 0) is 53.6 Å². The predicted molar refractivity (Wildman–Crippen MR) is 124 cm³/mol. The number of halogens is 6. The van der Waals surface area contributed by atoms with Gasteiger partial charge >= 0.3 is 0 Å². The number of hydrogen-bond donors (Lipinski definition) is 0. The average Bonchev–Trinajstić information content (AvgIpc) is 2.82. The van der Waals surface area contributed by atoms with Gasteiger partial charge in [0.2, 0.25) is 0 Å². The highest BCUT2D eigenvalue weighted by Gasteiger charge is 2.12. The number of rotatable bonds is 3. The lowest BCUT2D eigenvalue weighted by atomic mass is 10.1. The van der Waals surface area contributed by atoms with Crippen LogP contribution in [-0.2, 0) is 0 Å². The lowest BCUT2D eigenvalue weighted by Gasteiger charge is -2.06. The SMILES string of the molecule is CCCOc1cc(F)c(C#Cc2cc(F)c(C#Cc3ccc4cc(F)c(F)cc4c3)c(F)c2)c(F)c1. The fourth-order valence-electron chi connectivity index (χ4n) is 3.33. The molecule has 0 atom stereocenters. The molecule has 0 aliphatic rings. The summed E-state index contributed by atoms with van der Waals surface area (Å²) in [5, 5.41) is 0.812. The second-order valence-electron chi connectivity index (χ2n) is 7.75. The van der Waals surface area contributed by atoms with Crippen LogP contribution in [0.15, 0.2) is 54.6 Å². The first-order chi connectivity index (χ1) is 17.2. The summed E-state index contributed by atoms with van der Waals surface area (Å²) >= 11 is 0. The van der Waals surface area contributed by atoms with E-state index in [9.17, 15) is 26.3 Å². The number of ether oxygens (including phenoxy) is 1. The molecule has 0 heterocycles. The molecule has 36 heavy (non-hydrogen) atoms. The van der Waals surface area contributed by atoms with Gasteiger partial charge in [0.1, 0.15) is 29.0 Å². The molecule has 0 unspecified atom stereocenters. The van der Waals surface area contributed by atoms with Crippen LogP contribution in [-0.4, -0.2) is 6.61 Å². The standard InChI is InChI=1S/C29H16F6O/c1-2-9-36-21-15-26(32)23(27(33)16-21)8-5-18-11-24(30)22(25(31)12-18)7-4-17-3-6-19-13-28(34)29(35)14-20(19)10-17/h3,6,10-16H,2,9H2,1H3. The highest BCUT2D eigenvalue weighted by Crippen LogP contribution is 2.22. The van der Waals surface area contributed by atoms with Gasteiger partial charge in [-0.25, -0.2) is 26.3 Å². The Balaban J connectivity index is 1.60. The van der Waals surface area contributed by atoms with Gasteiger partial charge in [0.25, 0.3) is 0 Å². The van der Waals surface area contributed by atoms with Gasteiger partial charge in [-0.15, -0.1) is 0 Å². The normalized spacial score (nSPS) is 10.4. The summed E-state index contributed by atoms with van der Waals surface area (Å²) in [6.45, 7) is 2.13. The van der Waals surface area contributed by atoms with Crippen molar-refractivity contribution < 1.29 is 31.1 Å². The van der Waals surface area contributed by atoms with E-state index in [1.54, 1.807) is 0 Å². The van der Waals surface area contributed by atoms with Crippen LogP contribution >= 0.6 is 0 Å². The van der Waals surface area contributed by atoms with Gasteiger partial charge in [-0.1, -0.05) is 36.7 Å². The first-order valence-electron chi connectivity index (χ1n) is 10.8. The summed E-state index contributed by atoms with van der Waals surface area (Å²) in [4.78, 5) is 0. The molecule has 0 saturated heterocycles. The number of hydrogen-bond acceptors (Lipinski definition) is 1. The minimum atomic E-state index is -1.03. The van der Waals surface area contributed by atoms with E-state index in [2.05, 4.69) is 23.7 Å². The topological polar surface area (TPSA) is 9.23 Å². The molecular formula is C29H16F6O. The Bertz CT molecular complexity index is 1560. The molecule has 0 aliphatic heterocycles. The Hall–Kier alpha value is -4.36. The van der Waals surface area contributed by atoms with Crippen molar-refractivity contribution in [1.29, 1.82) is 0 Å². The fourth-order valence-corrected chi connectivity index (χ4v) is 3.33. The Morgan fingerprint density at radius 2 is 1.08 bits per heavy atom. The molecular weight excluding hydrogens is 478 g/mol.